The molecule has 3 rings (SSSR count). The molecule has 0 bridgehead atoms. The van der Waals surface area contributed by atoms with Gasteiger partial charge in [-0.25, -0.2) is 4.98 Å². The maximum absolute atomic E-state index is 12.1. The number of aromatic amines is 1. The van der Waals surface area contributed by atoms with Gasteiger partial charge >= 0.3 is 0 Å². The second-order valence-electron chi connectivity index (χ2n) is 4.99. The van der Waals surface area contributed by atoms with Gasteiger partial charge in [-0.05, 0) is 18.1 Å². The second kappa shape index (κ2) is 6.86. The molecule has 6 nitrogen and oxygen atoms in total. The number of hydrogen-bond acceptors (Lipinski definition) is 6. The zero-order valence-corrected chi connectivity index (χ0v) is 13.4. The van der Waals surface area contributed by atoms with Gasteiger partial charge in [0.15, 0.2) is 0 Å². The summed E-state index contributed by atoms with van der Waals surface area (Å²) < 4.78 is 10.7. The number of nitrogens with zero attached hydrogens (tertiary/aromatic N) is 2. The third-order valence-corrected chi connectivity index (χ3v) is 4.76. The van der Waals surface area contributed by atoms with E-state index in [4.69, 9.17) is 9.47 Å². The van der Waals surface area contributed by atoms with E-state index < -0.39 is 0 Å². The predicted molar refractivity (Wildman–Crippen MR) is 85.5 cm³/mol. The van der Waals surface area contributed by atoms with Gasteiger partial charge in [-0.3, -0.25) is 4.79 Å². The van der Waals surface area contributed by atoms with Crippen LogP contribution in [0.5, 0.6) is 5.88 Å². The van der Waals surface area contributed by atoms with Gasteiger partial charge in [0.1, 0.15) is 11.6 Å². The molecule has 0 saturated heterocycles. The summed E-state index contributed by atoms with van der Waals surface area (Å²) >= 11 is 1.49. The fourth-order valence-corrected chi connectivity index (χ4v) is 3.59. The van der Waals surface area contributed by atoms with Gasteiger partial charge in [0.2, 0.25) is 5.88 Å². The van der Waals surface area contributed by atoms with Crippen LogP contribution < -0.4 is 10.3 Å². The molecule has 0 unspecified atom stereocenters. The van der Waals surface area contributed by atoms with E-state index in [2.05, 4.69) is 9.97 Å². The summed E-state index contributed by atoms with van der Waals surface area (Å²) in [6.07, 6.45) is 2.26. The Morgan fingerprint density at radius 1 is 1.52 bits per heavy atom. The molecule has 2 aromatic rings. The van der Waals surface area contributed by atoms with Crippen LogP contribution in [0.2, 0.25) is 0 Å². The number of ether oxygens (including phenoxy) is 2. The minimum absolute atomic E-state index is 0.201. The summed E-state index contributed by atoms with van der Waals surface area (Å²) in [5.41, 5.74) is 2.51. The minimum Gasteiger partial charge on any atom is -0.481 e. The van der Waals surface area contributed by atoms with Gasteiger partial charge in [-0.2, -0.15) is 5.26 Å². The van der Waals surface area contributed by atoms with Gasteiger partial charge in [-0.15, -0.1) is 11.8 Å². The number of hydrogen-bond donors (Lipinski definition) is 1. The average molecular weight is 329 g/mol. The van der Waals surface area contributed by atoms with E-state index in [1.165, 1.54) is 11.8 Å². The van der Waals surface area contributed by atoms with E-state index in [-0.39, 0.29) is 11.1 Å². The Kier molecular flexibility index (Phi) is 4.65. The van der Waals surface area contributed by atoms with Gasteiger partial charge in [0, 0.05) is 23.1 Å². The van der Waals surface area contributed by atoms with Crippen LogP contribution in [0.3, 0.4) is 0 Å². The summed E-state index contributed by atoms with van der Waals surface area (Å²) in [5, 5.41) is 9.94. The van der Waals surface area contributed by atoms with Crippen LogP contribution in [0.25, 0.3) is 0 Å². The zero-order chi connectivity index (χ0) is 16.2. The Morgan fingerprint density at radius 3 is 3.17 bits per heavy atom. The summed E-state index contributed by atoms with van der Waals surface area (Å²) in [6.45, 7) is 0.943. The smallest absolute Gasteiger partial charge is 0.267 e. The van der Waals surface area contributed by atoms with Crippen LogP contribution in [-0.4, -0.2) is 23.7 Å². The molecule has 0 aliphatic carbocycles. The third-order valence-electron chi connectivity index (χ3n) is 3.66. The van der Waals surface area contributed by atoms with Crippen molar-refractivity contribution in [2.45, 2.75) is 23.8 Å². The first-order valence-electron chi connectivity index (χ1n) is 7.11. The molecule has 0 atom stereocenters. The van der Waals surface area contributed by atoms with Crippen LogP contribution in [0.1, 0.15) is 22.3 Å². The van der Waals surface area contributed by atoms with Crippen molar-refractivity contribution in [3.05, 3.63) is 50.9 Å². The molecule has 23 heavy (non-hydrogen) atoms. The highest BCUT2D eigenvalue weighted by Crippen LogP contribution is 2.31. The van der Waals surface area contributed by atoms with Crippen LogP contribution in [0.15, 0.2) is 28.2 Å². The Balaban J connectivity index is 1.93. The number of aromatic nitrogens is 2. The fourth-order valence-electron chi connectivity index (χ4n) is 2.55. The van der Waals surface area contributed by atoms with Crippen LogP contribution in [0, 0.1) is 11.3 Å². The number of H-pyrrole nitrogens is 1. The molecule has 0 saturated carbocycles. The lowest BCUT2D eigenvalue weighted by Crippen LogP contribution is -2.22. The van der Waals surface area contributed by atoms with Crippen molar-refractivity contribution in [2.24, 2.45) is 0 Å². The topological polar surface area (TPSA) is 88.0 Å². The molecule has 2 aromatic heterocycles. The fraction of sp³-hybridized carbons (Fsp3) is 0.312. The zero-order valence-electron chi connectivity index (χ0n) is 12.6. The van der Waals surface area contributed by atoms with Crippen molar-refractivity contribution in [1.29, 1.82) is 5.26 Å². The SMILES string of the molecule is COc1ncccc1CSc1[nH]c(=O)c(C#N)c2c1COCC2. The molecule has 1 aliphatic heterocycles. The van der Waals surface area contributed by atoms with Gasteiger partial charge in [0.05, 0.1) is 25.3 Å². The number of nitriles is 1. The monoisotopic (exact) mass is 329 g/mol. The lowest BCUT2D eigenvalue weighted by Gasteiger charge is -2.20. The molecule has 0 fully saturated rings. The second-order valence-corrected chi connectivity index (χ2v) is 5.98. The largest absolute Gasteiger partial charge is 0.481 e. The molecule has 0 spiro atoms. The van der Waals surface area contributed by atoms with E-state index in [1.54, 1.807) is 13.3 Å². The van der Waals surface area contributed by atoms with E-state index in [0.717, 1.165) is 21.7 Å². The molecule has 0 radical (unpaired) electrons. The highest BCUT2D eigenvalue weighted by atomic mass is 32.2. The minimum atomic E-state index is -0.339. The Hall–Kier alpha value is -2.30. The lowest BCUT2D eigenvalue weighted by molar-refractivity contribution is 0.108. The molecule has 7 heteroatoms. The van der Waals surface area contributed by atoms with Crippen molar-refractivity contribution in [3.63, 3.8) is 0 Å². The van der Waals surface area contributed by atoms with E-state index in [0.29, 0.717) is 31.3 Å². The van der Waals surface area contributed by atoms with Gasteiger partial charge in [0.25, 0.3) is 5.56 Å². The van der Waals surface area contributed by atoms with Crippen LogP contribution in [-0.2, 0) is 23.5 Å². The molecule has 0 amide bonds. The third kappa shape index (κ3) is 3.09. The Labute approximate surface area is 137 Å². The van der Waals surface area contributed by atoms with Crippen molar-refractivity contribution in [1.82, 2.24) is 9.97 Å². The maximum Gasteiger partial charge on any atom is 0.267 e. The van der Waals surface area contributed by atoms with Crippen molar-refractivity contribution in [3.8, 4) is 11.9 Å². The van der Waals surface area contributed by atoms with Crippen molar-refractivity contribution >= 4 is 11.8 Å². The van der Waals surface area contributed by atoms with Crippen LogP contribution >= 0.6 is 11.8 Å². The Morgan fingerprint density at radius 2 is 2.39 bits per heavy atom. The van der Waals surface area contributed by atoms with E-state index >= 15 is 0 Å². The molecular formula is C16H15N3O3S. The standard InChI is InChI=1S/C16H15N3O3S/c1-21-15-10(3-2-5-18-15)9-23-16-13-8-22-6-4-11(13)12(7-17)14(20)19-16/h2-3,5H,4,6,8-9H2,1H3,(H,19,20). The summed E-state index contributed by atoms with van der Waals surface area (Å²) in [7, 11) is 1.58. The van der Waals surface area contributed by atoms with Crippen molar-refractivity contribution < 1.29 is 9.47 Å². The molecule has 1 N–H and O–H groups in total. The molecule has 0 aromatic carbocycles. The highest BCUT2D eigenvalue weighted by molar-refractivity contribution is 7.98. The molecular weight excluding hydrogens is 314 g/mol. The number of nitrogens with one attached hydrogen (secondary N) is 1. The number of rotatable bonds is 4. The molecule has 3 heterocycles. The van der Waals surface area contributed by atoms with Crippen LogP contribution in [0.4, 0.5) is 0 Å². The van der Waals surface area contributed by atoms with Gasteiger partial charge < -0.3 is 14.5 Å². The first-order valence-corrected chi connectivity index (χ1v) is 8.09. The average Bonchev–Trinajstić information content (AvgIpc) is 2.60. The summed E-state index contributed by atoms with van der Waals surface area (Å²) in [4.78, 5) is 19.1. The summed E-state index contributed by atoms with van der Waals surface area (Å²) in [5.74, 6) is 1.17. The van der Waals surface area contributed by atoms with E-state index in [9.17, 15) is 10.1 Å². The maximum atomic E-state index is 12.1. The highest BCUT2D eigenvalue weighted by Gasteiger charge is 2.21. The quantitative estimate of drug-likeness (QED) is 0.863. The normalized spacial score (nSPS) is 13.2. The number of pyridine rings is 2. The van der Waals surface area contributed by atoms with Gasteiger partial charge in [-0.1, -0.05) is 6.07 Å². The predicted octanol–water partition coefficient (Wildman–Crippen LogP) is 2.02. The number of fused-ring (bicyclic) bond motifs is 1. The lowest BCUT2D eigenvalue weighted by atomic mass is 10.0. The molecule has 1 aliphatic rings. The number of thioether (sulfide) groups is 1. The molecule has 118 valence electrons. The number of methoxy groups -OCH3 is 1. The Bertz CT molecular complexity index is 826. The van der Waals surface area contributed by atoms with E-state index in [1.807, 2.05) is 18.2 Å². The van der Waals surface area contributed by atoms with Crippen molar-refractivity contribution in [2.75, 3.05) is 13.7 Å². The first-order chi connectivity index (χ1) is 11.2. The first kappa shape index (κ1) is 15.6. The summed E-state index contributed by atoms with van der Waals surface area (Å²) in [6, 6.07) is 5.78.